The molecule has 5 heteroatoms. The average molecular weight is 350 g/mol. The molecule has 1 aromatic carbocycles. The van der Waals surface area contributed by atoms with E-state index >= 15 is 0 Å². The van der Waals surface area contributed by atoms with Gasteiger partial charge in [-0.25, -0.2) is 9.97 Å². The van der Waals surface area contributed by atoms with E-state index in [9.17, 15) is 4.79 Å². The summed E-state index contributed by atoms with van der Waals surface area (Å²) in [7, 11) is 0. The normalized spacial score (nSPS) is 17.6. The van der Waals surface area contributed by atoms with E-state index < -0.39 is 0 Å². The van der Waals surface area contributed by atoms with Gasteiger partial charge in [0.1, 0.15) is 5.82 Å². The molecule has 3 heterocycles. The summed E-state index contributed by atoms with van der Waals surface area (Å²) in [5, 5.41) is 0. The molecule has 1 amide bonds. The maximum Gasteiger partial charge on any atom is 0.219 e. The Hall–Kier alpha value is -2.43. The SMILES string of the molecule is CC(=O)N1CCc2nc(-c3ccccc3)nc(N3CCCCCC3)c2C1. The van der Waals surface area contributed by atoms with Crippen molar-refractivity contribution in [3.8, 4) is 11.4 Å². The minimum Gasteiger partial charge on any atom is -0.356 e. The first-order valence-electron chi connectivity index (χ1n) is 9.68. The number of carbonyl (C=O) groups is 1. The summed E-state index contributed by atoms with van der Waals surface area (Å²) in [6, 6.07) is 10.2. The van der Waals surface area contributed by atoms with E-state index in [2.05, 4.69) is 17.0 Å². The Morgan fingerprint density at radius 2 is 1.69 bits per heavy atom. The van der Waals surface area contributed by atoms with Crippen LogP contribution in [0.1, 0.15) is 43.9 Å². The van der Waals surface area contributed by atoms with Crippen LogP contribution in [0, 0.1) is 0 Å². The van der Waals surface area contributed by atoms with Gasteiger partial charge < -0.3 is 9.80 Å². The van der Waals surface area contributed by atoms with Crippen LogP contribution in [0.4, 0.5) is 5.82 Å². The molecule has 2 aliphatic rings. The molecule has 2 aliphatic heterocycles. The van der Waals surface area contributed by atoms with E-state index in [0.717, 1.165) is 54.5 Å². The first kappa shape index (κ1) is 17.0. The zero-order valence-corrected chi connectivity index (χ0v) is 15.4. The fourth-order valence-electron chi connectivity index (χ4n) is 3.93. The number of rotatable bonds is 2. The van der Waals surface area contributed by atoms with Crippen LogP contribution >= 0.6 is 0 Å². The highest BCUT2D eigenvalue weighted by Crippen LogP contribution is 2.31. The van der Waals surface area contributed by atoms with E-state index in [4.69, 9.17) is 9.97 Å². The van der Waals surface area contributed by atoms with Crippen molar-refractivity contribution in [2.45, 2.75) is 45.6 Å². The molecule has 0 unspecified atom stereocenters. The molecule has 1 fully saturated rings. The van der Waals surface area contributed by atoms with Crippen LogP contribution in [0.5, 0.6) is 0 Å². The monoisotopic (exact) mass is 350 g/mol. The maximum absolute atomic E-state index is 11.9. The van der Waals surface area contributed by atoms with Gasteiger partial charge in [0.25, 0.3) is 0 Å². The van der Waals surface area contributed by atoms with Gasteiger partial charge in [-0.3, -0.25) is 4.79 Å². The fourth-order valence-corrected chi connectivity index (χ4v) is 3.93. The van der Waals surface area contributed by atoms with Crippen LogP contribution in [0.15, 0.2) is 30.3 Å². The molecule has 1 aromatic heterocycles. The van der Waals surface area contributed by atoms with Gasteiger partial charge in [-0.2, -0.15) is 0 Å². The molecule has 136 valence electrons. The molecule has 2 aromatic rings. The Morgan fingerprint density at radius 1 is 0.962 bits per heavy atom. The van der Waals surface area contributed by atoms with Crippen LogP contribution in [-0.4, -0.2) is 40.4 Å². The van der Waals surface area contributed by atoms with E-state index in [1.165, 1.54) is 25.7 Å². The summed E-state index contributed by atoms with van der Waals surface area (Å²) < 4.78 is 0. The molecular formula is C21H26N4O. The molecule has 0 N–H and O–H groups in total. The standard InChI is InChI=1S/C21H26N4O/c1-16(26)25-14-11-19-18(15-25)21(24-12-7-2-3-8-13-24)23-20(22-19)17-9-5-4-6-10-17/h4-6,9-10H,2-3,7-8,11-15H2,1H3. The first-order valence-corrected chi connectivity index (χ1v) is 9.68. The Morgan fingerprint density at radius 3 is 2.38 bits per heavy atom. The lowest BCUT2D eigenvalue weighted by molar-refractivity contribution is -0.129. The Bertz CT molecular complexity index is 782. The lowest BCUT2D eigenvalue weighted by Gasteiger charge is -2.32. The third-order valence-corrected chi connectivity index (χ3v) is 5.42. The van der Waals surface area contributed by atoms with Gasteiger partial charge in [0.05, 0.1) is 12.2 Å². The topological polar surface area (TPSA) is 49.3 Å². The van der Waals surface area contributed by atoms with Gasteiger partial charge in [-0.1, -0.05) is 43.2 Å². The number of carbonyl (C=O) groups excluding carboxylic acids is 1. The number of nitrogens with zero attached hydrogens (tertiary/aromatic N) is 4. The quantitative estimate of drug-likeness (QED) is 0.833. The van der Waals surface area contributed by atoms with Gasteiger partial charge in [0.2, 0.25) is 5.91 Å². The predicted molar refractivity (Wildman–Crippen MR) is 103 cm³/mol. The van der Waals surface area contributed by atoms with E-state index in [0.29, 0.717) is 6.54 Å². The molecule has 1 saturated heterocycles. The summed E-state index contributed by atoms with van der Waals surface area (Å²) in [4.78, 5) is 26.1. The van der Waals surface area contributed by atoms with Crippen molar-refractivity contribution in [3.05, 3.63) is 41.6 Å². The molecule has 0 bridgehead atoms. The van der Waals surface area contributed by atoms with Crippen LogP contribution in [0.2, 0.25) is 0 Å². The highest BCUT2D eigenvalue weighted by atomic mass is 16.2. The molecule has 0 radical (unpaired) electrons. The van der Waals surface area contributed by atoms with Crippen molar-refractivity contribution in [2.24, 2.45) is 0 Å². The van der Waals surface area contributed by atoms with Gasteiger partial charge in [-0.05, 0) is 12.8 Å². The number of hydrogen-bond donors (Lipinski definition) is 0. The number of benzene rings is 1. The highest BCUT2D eigenvalue weighted by molar-refractivity contribution is 5.74. The number of amides is 1. The van der Waals surface area contributed by atoms with Crippen molar-refractivity contribution >= 4 is 11.7 Å². The molecule has 0 spiro atoms. The smallest absolute Gasteiger partial charge is 0.219 e. The van der Waals surface area contributed by atoms with Crippen LogP contribution in [0.3, 0.4) is 0 Å². The number of anilines is 1. The number of aromatic nitrogens is 2. The summed E-state index contributed by atoms with van der Waals surface area (Å²) in [6.45, 7) is 5.10. The summed E-state index contributed by atoms with van der Waals surface area (Å²) in [5.41, 5.74) is 3.31. The Labute approximate surface area is 155 Å². The van der Waals surface area contributed by atoms with E-state index in [1.54, 1.807) is 6.92 Å². The molecule has 4 rings (SSSR count). The van der Waals surface area contributed by atoms with Gasteiger partial charge in [-0.15, -0.1) is 0 Å². The van der Waals surface area contributed by atoms with E-state index in [1.807, 2.05) is 23.1 Å². The molecule has 0 aliphatic carbocycles. The first-order chi connectivity index (χ1) is 12.7. The molecule has 0 atom stereocenters. The fraction of sp³-hybridized carbons (Fsp3) is 0.476. The maximum atomic E-state index is 11.9. The average Bonchev–Trinajstić information content (AvgIpc) is 2.96. The van der Waals surface area contributed by atoms with Gasteiger partial charge >= 0.3 is 0 Å². The van der Waals surface area contributed by atoms with Gasteiger partial charge in [0, 0.05) is 44.1 Å². The lowest BCUT2D eigenvalue weighted by Crippen LogP contribution is -2.37. The van der Waals surface area contributed by atoms with Crippen molar-refractivity contribution in [2.75, 3.05) is 24.5 Å². The van der Waals surface area contributed by atoms with Crippen LogP contribution < -0.4 is 4.90 Å². The Balaban J connectivity index is 1.79. The number of fused-ring (bicyclic) bond motifs is 1. The Kier molecular flexibility index (Phi) is 4.87. The van der Waals surface area contributed by atoms with Crippen molar-refractivity contribution < 1.29 is 4.79 Å². The molecule has 5 nitrogen and oxygen atoms in total. The molecule has 26 heavy (non-hydrogen) atoms. The minimum absolute atomic E-state index is 0.129. The van der Waals surface area contributed by atoms with E-state index in [-0.39, 0.29) is 5.91 Å². The van der Waals surface area contributed by atoms with Crippen molar-refractivity contribution in [1.82, 2.24) is 14.9 Å². The number of hydrogen-bond acceptors (Lipinski definition) is 4. The predicted octanol–water partition coefficient (Wildman–Crippen LogP) is 3.43. The summed E-state index contributed by atoms with van der Waals surface area (Å²) in [5.74, 6) is 1.98. The summed E-state index contributed by atoms with van der Waals surface area (Å²) >= 11 is 0. The summed E-state index contributed by atoms with van der Waals surface area (Å²) in [6.07, 6.45) is 5.79. The second kappa shape index (κ2) is 7.44. The highest BCUT2D eigenvalue weighted by Gasteiger charge is 2.27. The molecular weight excluding hydrogens is 324 g/mol. The third kappa shape index (κ3) is 3.43. The molecule has 0 saturated carbocycles. The minimum atomic E-state index is 0.129. The zero-order valence-electron chi connectivity index (χ0n) is 15.4. The second-order valence-electron chi connectivity index (χ2n) is 7.25. The second-order valence-corrected chi connectivity index (χ2v) is 7.25. The van der Waals surface area contributed by atoms with Crippen LogP contribution in [-0.2, 0) is 17.8 Å². The third-order valence-electron chi connectivity index (χ3n) is 5.42. The van der Waals surface area contributed by atoms with Gasteiger partial charge in [0.15, 0.2) is 5.82 Å². The zero-order chi connectivity index (χ0) is 17.9. The van der Waals surface area contributed by atoms with Crippen LogP contribution in [0.25, 0.3) is 11.4 Å². The largest absolute Gasteiger partial charge is 0.356 e. The van der Waals surface area contributed by atoms with Crippen molar-refractivity contribution in [1.29, 1.82) is 0 Å². The lowest BCUT2D eigenvalue weighted by atomic mass is 10.0. The van der Waals surface area contributed by atoms with Crippen molar-refractivity contribution in [3.63, 3.8) is 0 Å².